The van der Waals surface area contributed by atoms with E-state index >= 15 is 0 Å². The van der Waals surface area contributed by atoms with Crippen LogP contribution >= 0.6 is 11.6 Å². The molecule has 1 aromatic rings. The molecule has 1 aromatic carbocycles. The number of β-lactam (4-membered cyclic amide) rings is 1. The molecule has 0 bridgehead atoms. The van der Waals surface area contributed by atoms with Gasteiger partial charge in [0.2, 0.25) is 5.91 Å². The monoisotopic (exact) mass is 348 g/mol. The predicted octanol–water partition coefficient (Wildman–Crippen LogP) is 2.54. The lowest BCUT2D eigenvalue weighted by Crippen LogP contribution is -2.80. The van der Waals surface area contributed by atoms with Gasteiger partial charge in [-0.2, -0.15) is 0 Å². The lowest BCUT2D eigenvalue weighted by molar-refractivity contribution is -0.206. The van der Waals surface area contributed by atoms with Crippen molar-refractivity contribution < 1.29 is 14.3 Å². The first kappa shape index (κ1) is 16.1. The van der Waals surface area contributed by atoms with Gasteiger partial charge in [0.15, 0.2) is 0 Å². The number of likely N-dealkylation sites (tertiary alicyclic amines) is 1. The van der Waals surface area contributed by atoms with E-state index in [4.69, 9.17) is 16.3 Å². The minimum Gasteiger partial charge on any atom is -0.379 e. The molecule has 2 unspecified atom stereocenters. The van der Waals surface area contributed by atoms with Crippen molar-refractivity contribution >= 4 is 23.4 Å². The molecule has 2 amide bonds. The maximum absolute atomic E-state index is 13.1. The zero-order valence-corrected chi connectivity index (χ0v) is 14.3. The van der Waals surface area contributed by atoms with Crippen molar-refractivity contribution in [3.05, 3.63) is 34.9 Å². The number of ether oxygens (including phenoxy) is 1. The van der Waals surface area contributed by atoms with Crippen LogP contribution < -0.4 is 0 Å². The third-order valence-corrected chi connectivity index (χ3v) is 5.86. The Balaban J connectivity index is 1.68. The van der Waals surface area contributed by atoms with Gasteiger partial charge in [-0.05, 0) is 43.5 Å². The highest BCUT2D eigenvalue weighted by molar-refractivity contribution is 6.30. The molecule has 6 heteroatoms. The number of carbonyl (C=O) groups is 2. The highest BCUT2D eigenvalue weighted by atomic mass is 35.5. The molecule has 3 fully saturated rings. The first-order valence-corrected chi connectivity index (χ1v) is 8.99. The van der Waals surface area contributed by atoms with E-state index in [2.05, 4.69) is 4.90 Å². The molecule has 0 spiro atoms. The van der Waals surface area contributed by atoms with Gasteiger partial charge in [0.25, 0.3) is 5.91 Å². The van der Waals surface area contributed by atoms with Gasteiger partial charge in [0.05, 0.1) is 19.1 Å². The van der Waals surface area contributed by atoms with Crippen LogP contribution in [0.4, 0.5) is 0 Å². The zero-order valence-electron chi connectivity index (χ0n) is 13.5. The molecule has 1 aliphatic carbocycles. The number of amides is 2. The van der Waals surface area contributed by atoms with Gasteiger partial charge in [0.1, 0.15) is 5.66 Å². The molecule has 4 rings (SSSR count). The fourth-order valence-corrected chi connectivity index (χ4v) is 4.60. The molecule has 5 nitrogen and oxygen atoms in total. The topological polar surface area (TPSA) is 49.9 Å². The van der Waals surface area contributed by atoms with Crippen molar-refractivity contribution in [3.63, 3.8) is 0 Å². The first-order chi connectivity index (χ1) is 11.6. The largest absolute Gasteiger partial charge is 0.379 e. The van der Waals surface area contributed by atoms with Gasteiger partial charge in [-0.1, -0.05) is 18.0 Å². The van der Waals surface area contributed by atoms with Crippen molar-refractivity contribution in [2.24, 2.45) is 5.92 Å². The summed E-state index contributed by atoms with van der Waals surface area (Å²) in [5, 5.41) is 0.583. The Bertz CT molecular complexity index is 657. The smallest absolute Gasteiger partial charge is 0.262 e. The van der Waals surface area contributed by atoms with E-state index in [1.807, 2.05) is 0 Å². The summed E-state index contributed by atoms with van der Waals surface area (Å²) in [6.07, 6.45) is 3.85. The Morgan fingerprint density at radius 1 is 1.17 bits per heavy atom. The van der Waals surface area contributed by atoms with Crippen LogP contribution in [0.25, 0.3) is 0 Å². The molecule has 3 aliphatic rings. The second kappa shape index (κ2) is 6.14. The number of benzene rings is 1. The lowest BCUT2D eigenvalue weighted by atomic mass is 9.68. The van der Waals surface area contributed by atoms with Gasteiger partial charge in [-0.15, -0.1) is 0 Å². The first-order valence-electron chi connectivity index (χ1n) is 8.61. The van der Waals surface area contributed by atoms with Crippen LogP contribution in [-0.2, 0) is 9.53 Å². The molecule has 2 heterocycles. The molecule has 2 atom stereocenters. The number of morpholine rings is 1. The molecular weight excluding hydrogens is 328 g/mol. The maximum atomic E-state index is 13.1. The Morgan fingerprint density at radius 3 is 2.58 bits per heavy atom. The summed E-state index contributed by atoms with van der Waals surface area (Å²) in [7, 11) is 0. The number of rotatable bonds is 2. The van der Waals surface area contributed by atoms with Crippen LogP contribution in [0.15, 0.2) is 24.3 Å². The normalized spacial score (nSPS) is 30.6. The van der Waals surface area contributed by atoms with Gasteiger partial charge >= 0.3 is 0 Å². The number of fused-ring (bicyclic) bond motifs is 1. The average Bonchev–Trinajstić information content (AvgIpc) is 2.62. The highest BCUT2D eigenvalue weighted by Gasteiger charge is 2.65. The van der Waals surface area contributed by atoms with Crippen LogP contribution in [0, 0.1) is 5.92 Å². The molecule has 0 radical (unpaired) electrons. The Hall–Kier alpha value is -1.43. The summed E-state index contributed by atoms with van der Waals surface area (Å²) in [5.74, 6) is -0.289. The van der Waals surface area contributed by atoms with Gasteiger partial charge in [0, 0.05) is 23.7 Å². The van der Waals surface area contributed by atoms with Crippen LogP contribution in [0.5, 0.6) is 0 Å². The molecule has 2 saturated heterocycles. The minimum atomic E-state index is -0.449. The SMILES string of the molecule is O=C(c1ccc(Cl)cc1)N1C(=O)C2CCCCC21N1CCOCC1. The summed E-state index contributed by atoms with van der Waals surface area (Å²) >= 11 is 5.92. The van der Waals surface area contributed by atoms with E-state index in [0.29, 0.717) is 23.8 Å². The second-order valence-corrected chi connectivity index (χ2v) is 7.20. The van der Waals surface area contributed by atoms with Gasteiger partial charge in [-0.3, -0.25) is 19.4 Å². The van der Waals surface area contributed by atoms with Crippen LogP contribution in [0.3, 0.4) is 0 Å². The summed E-state index contributed by atoms with van der Waals surface area (Å²) in [6, 6.07) is 6.78. The van der Waals surface area contributed by atoms with Crippen LogP contribution in [-0.4, -0.2) is 53.6 Å². The number of halogens is 1. The molecular formula is C18H21ClN2O3. The number of hydrogen-bond acceptors (Lipinski definition) is 4. The van der Waals surface area contributed by atoms with Crippen LogP contribution in [0.2, 0.25) is 5.02 Å². The standard InChI is InChI=1S/C18H21ClN2O3/c19-14-6-4-13(5-7-14)16(22)21-17(23)15-3-1-2-8-18(15,21)20-9-11-24-12-10-20/h4-7,15H,1-3,8-12H2. The van der Waals surface area contributed by atoms with E-state index in [-0.39, 0.29) is 17.7 Å². The second-order valence-electron chi connectivity index (χ2n) is 6.76. The molecule has 0 aromatic heterocycles. The number of nitrogens with zero attached hydrogens (tertiary/aromatic N) is 2. The van der Waals surface area contributed by atoms with Crippen molar-refractivity contribution in [1.29, 1.82) is 0 Å². The van der Waals surface area contributed by atoms with Crippen molar-refractivity contribution in [1.82, 2.24) is 9.80 Å². The molecule has 24 heavy (non-hydrogen) atoms. The van der Waals surface area contributed by atoms with E-state index in [1.165, 1.54) is 4.90 Å². The number of hydrogen-bond donors (Lipinski definition) is 0. The average molecular weight is 349 g/mol. The summed E-state index contributed by atoms with van der Waals surface area (Å²) in [4.78, 5) is 29.6. The summed E-state index contributed by atoms with van der Waals surface area (Å²) < 4.78 is 5.47. The van der Waals surface area contributed by atoms with Crippen molar-refractivity contribution in [2.75, 3.05) is 26.3 Å². The van der Waals surface area contributed by atoms with Crippen molar-refractivity contribution in [3.8, 4) is 0 Å². The number of imide groups is 1. The minimum absolute atomic E-state index is 0.0267. The fraction of sp³-hybridized carbons (Fsp3) is 0.556. The van der Waals surface area contributed by atoms with Crippen LogP contribution in [0.1, 0.15) is 36.0 Å². The molecule has 2 aliphatic heterocycles. The highest BCUT2D eigenvalue weighted by Crippen LogP contribution is 2.50. The van der Waals surface area contributed by atoms with E-state index in [0.717, 1.165) is 38.8 Å². The zero-order chi connectivity index (χ0) is 16.7. The van der Waals surface area contributed by atoms with E-state index in [9.17, 15) is 9.59 Å². The molecule has 0 N–H and O–H groups in total. The Kier molecular flexibility index (Phi) is 4.11. The predicted molar refractivity (Wildman–Crippen MR) is 89.7 cm³/mol. The van der Waals surface area contributed by atoms with Gasteiger partial charge < -0.3 is 4.74 Å². The summed E-state index contributed by atoms with van der Waals surface area (Å²) in [6.45, 7) is 2.86. The number of carbonyl (C=O) groups excluding carboxylic acids is 2. The third kappa shape index (κ3) is 2.30. The Morgan fingerprint density at radius 2 is 1.88 bits per heavy atom. The molecule has 1 saturated carbocycles. The third-order valence-electron chi connectivity index (χ3n) is 5.60. The Labute approximate surface area is 146 Å². The summed E-state index contributed by atoms with van der Waals surface area (Å²) in [5.41, 5.74) is 0.0694. The van der Waals surface area contributed by atoms with E-state index < -0.39 is 5.66 Å². The molecule has 128 valence electrons. The quantitative estimate of drug-likeness (QED) is 0.609. The van der Waals surface area contributed by atoms with Gasteiger partial charge in [-0.25, -0.2) is 0 Å². The maximum Gasteiger partial charge on any atom is 0.262 e. The lowest BCUT2D eigenvalue weighted by Gasteiger charge is -2.63. The van der Waals surface area contributed by atoms with E-state index in [1.54, 1.807) is 24.3 Å². The fourth-order valence-electron chi connectivity index (χ4n) is 4.48. The van der Waals surface area contributed by atoms with Crippen molar-refractivity contribution in [2.45, 2.75) is 31.3 Å².